The fraction of sp³-hybridized carbons (Fsp3) is 0.714. The molecule has 1 aliphatic heterocycles. The molecule has 3 rings (SSSR count). The lowest BCUT2D eigenvalue weighted by Gasteiger charge is -2.18. The average molecular weight is 307 g/mol. The molecule has 2 aromatic heterocycles. The molecular weight excluding hydrogens is 286 g/mol. The molecule has 0 amide bonds. The van der Waals surface area contributed by atoms with Crippen molar-refractivity contribution < 1.29 is 14.2 Å². The molecule has 120 valence electrons. The van der Waals surface area contributed by atoms with Crippen LogP contribution in [0.15, 0.2) is 9.05 Å². The maximum absolute atomic E-state index is 9.95. The average Bonchev–Trinajstić information content (AvgIpc) is 3.09. The molecule has 3 heterocycles. The Morgan fingerprint density at radius 1 is 1.23 bits per heavy atom. The largest absolute Gasteiger partial charge is 0.392 e. The minimum Gasteiger partial charge on any atom is -0.392 e. The molecule has 2 atom stereocenters. The van der Waals surface area contributed by atoms with E-state index in [1.54, 1.807) is 6.92 Å². The van der Waals surface area contributed by atoms with Gasteiger partial charge in [0, 0.05) is 12.0 Å². The first kappa shape index (κ1) is 15.1. The lowest BCUT2D eigenvalue weighted by Crippen LogP contribution is -2.25. The van der Waals surface area contributed by atoms with Gasteiger partial charge in [-0.05, 0) is 13.3 Å². The smallest absolute Gasteiger partial charge is 0.244 e. The molecule has 1 fully saturated rings. The lowest BCUT2D eigenvalue weighted by molar-refractivity contribution is 0.166. The van der Waals surface area contributed by atoms with Crippen LogP contribution in [-0.4, -0.2) is 42.9 Å². The van der Waals surface area contributed by atoms with E-state index in [-0.39, 0.29) is 11.5 Å². The van der Waals surface area contributed by atoms with Gasteiger partial charge in [-0.25, -0.2) is 0 Å². The molecule has 1 aliphatic rings. The van der Waals surface area contributed by atoms with E-state index in [4.69, 9.17) is 9.05 Å². The third kappa shape index (κ3) is 3.02. The van der Waals surface area contributed by atoms with Gasteiger partial charge >= 0.3 is 0 Å². The highest BCUT2D eigenvalue weighted by atomic mass is 16.5. The van der Waals surface area contributed by atoms with E-state index < -0.39 is 6.10 Å². The fourth-order valence-corrected chi connectivity index (χ4v) is 2.56. The van der Waals surface area contributed by atoms with Crippen molar-refractivity contribution in [3.63, 3.8) is 0 Å². The molecule has 0 radical (unpaired) electrons. The van der Waals surface area contributed by atoms with Crippen LogP contribution in [0.25, 0.3) is 0 Å². The summed E-state index contributed by atoms with van der Waals surface area (Å²) in [5.41, 5.74) is -0.182. The van der Waals surface area contributed by atoms with E-state index in [0.29, 0.717) is 42.9 Å². The van der Waals surface area contributed by atoms with Crippen LogP contribution in [0.1, 0.15) is 56.7 Å². The van der Waals surface area contributed by atoms with E-state index in [1.807, 2.05) is 25.7 Å². The number of β-amino-alcohol motifs (C(OH)–C–C–N with tert-alkyl or cyclic N) is 1. The van der Waals surface area contributed by atoms with Crippen molar-refractivity contribution >= 4 is 0 Å². The number of hydrogen-bond acceptors (Lipinski definition) is 8. The molecular formula is C14H21N5O3. The number of rotatable bonds is 3. The van der Waals surface area contributed by atoms with Gasteiger partial charge in [0.2, 0.25) is 11.8 Å². The van der Waals surface area contributed by atoms with E-state index in [0.717, 1.165) is 0 Å². The topological polar surface area (TPSA) is 101 Å². The molecule has 2 aromatic rings. The van der Waals surface area contributed by atoms with Crippen molar-refractivity contribution in [3.8, 4) is 0 Å². The Morgan fingerprint density at radius 3 is 2.59 bits per heavy atom. The summed E-state index contributed by atoms with van der Waals surface area (Å²) in [5, 5.41) is 17.8. The van der Waals surface area contributed by atoms with Crippen molar-refractivity contribution in [1.29, 1.82) is 0 Å². The molecule has 0 aliphatic carbocycles. The first-order valence-electron chi connectivity index (χ1n) is 7.38. The number of hydrogen-bond donors (Lipinski definition) is 1. The summed E-state index contributed by atoms with van der Waals surface area (Å²) in [6, 6.07) is -0.118. The quantitative estimate of drug-likeness (QED) is 0.907. The third-order valence-electron chi connectivity index (χ3n) is 3.66. The minimum atomic E-state index is -0.425. The molecule has 0 saturated carbocycles. The van der Waals surface area contributed by atoms with Gasteiger partial charge in [-0.2, -0.15) is 9.97 Å². The second-order valence-corrected chi connectivity index (χ2v) is 6.78. The summed E-state index contributed by atoms with van der Waals surface area (Å²) in [4.78, 5) is 10.7. The summed E-state index contributed by atoms with van der Waals surface area (Å²) >= 11 is 0. The molecule has 0 unspecified atom stereocenters. The van der Waals surface area contributed by atoms with Crippen LogP contribution in [0.4, 0.5) is 0 Å². The van der Waals surface area contributed by atoms with Crippen LogP contribution < -0.4 is 0 Å². The van der Waals surface area contributed by atoms with Crippen molar-refractivity contribution in [2.45, 2.75) is 58.2 Å². The highest BCUT2D eigenvalue weighted by Gasteiger charge is 2.36. The number of aliphatic hydroxyl groups excluding tert-OH is 1. The molecule has 1 N–H and O–H groups in total. The molecule has 0 spiro atoms. The Kier molecular flexibility index (Phi) is 3.73. The van der Waals surface area contributed by atoms with Gasteiger partial charge in [-0.1, -0.05) is 31.1 Å². The SMILES string of the molecule is Cc1noc([C@H]2C[C@H](O)CN2Cc2noc(C(C)(C)C)n2)n1. The molecule has 0 bridgehead atoms. The van der Waals surface area contributed by atoms with E-state index >= 15 is 0 Å². The van der Waals surface area contributed by atoms with Gasteiger partial charge in [0.05, 0.1) is 18.7 Å². The first-order valence-corrected chi connectivity index (χ1v) is 7.38. The predicted octanol–water partition coefficient (Wildman–Crippen LogP) is 1.37. The van der Waals surface area contributed by atoms with Gasteiger partial charge in [0.25, 0.3) is 0 Å². The van der Waals surface area contributed by atoms with Crippen molar-refractivity contribution in [3.05, 3.63) is 23.4 Å². The maximum Gasteiger partial charge on any atom is 0.244 e. The number of nitrogens with zero attached hydrogens (tertiary/aromatic N) is 5. The standard InChI is InChI=1S/C14H21N5O3/c1-8-15-12(21-17-8)10-5-9(20)6-19(10)7-11-16-13(22-18-11)14(2,3)4/h9-10,20H,5-7H2,1-4H3/t9-,10+/m0/s1. The Balaban J connectivity index is 1.76. The zero-order valence-electron chi connectivity index (χ0n) is 13.3. The van der Waals surface area contributed by atoms with Crippen molar-refractivity contribution in [2.75, 3.05) is 6.54 Å². The molecule has 22 heavy (non-hydrogen) atoms. The van der Waals surface area contributed by atoms with Gasteiger partial charge in [-0.15, -0.1) is 0 Å². The van der Waals surface area contributed by atoms with Crippen LogP contribution >= 0.6 is 0 Å². The second-order valence-electron chi connectivity index (χ2n) is 6.78. The van der Waals surface area contributed by atoms with Crippen LogP contribution in [0, 0.1) is 6.92 Å². The monoisotopic (exact) mass is 307 g/mol. The zero-order chi connectivity index (χ0) is 15.9. The second kappa shape index (κ2) is 5.44. The fourth-order valence-electron chi connectivity index (χ4n) is 2.56. The summed E-state index contributed by atoms with van der Waals surface area (Å²) in [6.45, 7) is 8.83. The van der Waals surface area contributed by atoms with Crippen LogP contribution in [0.2, 0.25) is 0 Å². The van der Waals surface area contributed by atoms with Gasteiger partial charge in [-0.3, -0.25) is 4.90 Å². The Hall–Kier alpha value is -1.80. The number of likely N-dealkylation sites (tertiary alicyclic amines) is 1. The van der Waals surface area contributed by atoms with E-state index in [2.05, 4.69) is 20.3 Å². The van der Waals surface area contributed by atoms with Crippen molar-refractivity contribution in [1.82, 2.24) is 25.2 Å². The van der Waals surface area contributed by atoms with Crippen LogP contribution in [0.5, 0.6) is 0 Å². The van der Waals surface area contributed by atoms with Crippen LogP contribution in [-0.2, 0) is 12.0 Å². The summed E-state index contributed by atoms with van der Waals surface area (Å²) in [7, 11) is 0. The summed E-state index contributed by atoms with van der Waals surface area (Å²) < 4.78 is 10.6. The third-order valence-corrected chi connectivity index (χ3v) is 3.66. The number of aryl methyl sites for hydroxylation is 1. The Morgan fingerprint density at radius 2 is 2.00 bits per heavy atom. The van der Waals surface area contributed by atoms with Gasteiger partial charge in [0.15, 0.2) is 11.6 Å². The van der Waals surface area contributed by atoms with Crippen LogP contribution in [0.3, 0.4) is 0 Å². The molecule has 8 nitrogen and oxygen atoms in total. The van der Waals surface area contributed by atoms with E-state index in [9.17, 15) is 5.11 Å². The first-order chi connectivity index (χ1) is 10.3. The maximum atomic E-state index is 9.95. The number of aliphatic hydroxyl groups is 1. The Labute approximate surface area is 128 Å². The van der Waals surface area contributed by atoms with Gasteiger partial charge in [0.1, 0.15) is 0 Å². The lowest BCUT2D eigenvalue weighted by atomic mass is 9.97. The summed E-state index contributed by atoms with van der Waals surface area (Å²) in [6.07, 6.45) is 0.136. The minimum absolute atomic E-state index is 0.118. The highest BCUT2D eigenvalue weighted by molar-refractivity contribution is 5.02. The van der Waals surface area contributed by atoms with Crippen molar-refractivity contribution in [2.24, 2.45) is 0 Å². The Bertz CT molecular complexity index is 645. The van der Waals surface area contributed by atoms with Gasteiger partial charge < -0.3 is 14.2 Å². The normalized spacial score (nSPS) is 23.3. The van der Waals surface area contributed by atoms with E-state index in [1.165, 1.54) is 0 Å². The molecule has 8 heteroatoms. The predicted molar refractivity (Wildman–Crippen MR) is 75.8 cm³/mol. The molecule has 1 saturated heterocycles. The highest BCUT2D eigenvalue weighted by Crippen LogP contribution is 2.32. The summed E-state index contributed by atoms with van der Waals surface area (Å²) in [5.74, 6) is 2.31. The number of aromatic nitrogens is 4. The zero-order valence-corrected chi connectivity index (χ0v) is 13.3. The molecule has 0 aromatic carbocycles.